The number of rotatable bonds is 8. The van der Waals surface area contributed by atoms with Crippen molar-refractivity contribution in [2.75, 3.05) is 5.32 Å². The van der Waals surface area contributed by atoms with Gasteiger partial charge < -0.3 is 9.84 Å². The Kier molecular flexibility index (Phi) is 6.71. The van der Waals surface area contributed by atoms with Gasteiger partial charge in [-0.25, -0.2) is 5.48 Å². The predicted molar refractivity (Wildman–Crippen MR) is 93.1 cm³/mol. The number of carbonyl (C=O) groups is 2. The number of benzene rings is 1. The molecule has 0 saturated heterocycles. The van der Waals surface area contributed by atoms with Gasteiger partial charge in [0.25, 0.3) is 0 Å². The molecule has 0 aliphatic carbocycles. The Bertz CT molecular complexity index is 720. The monoisotopic (exact) mass is 345 g/mol. The van der Waals surface area contributed by atoms with E-state index in [1.165, 1.54) is 0 Å². The van der Waals surface area contributed by atoms with Crippen molar-refractivity contribution in [3.63, 3.8) is 0 Å². The van der Waals surface area contributed by atoms with Crippen LogP contribution >= 0.6 is 0 Å². The molecule has 2 amide bonds. The summed E-state index contributed by atoms with van der Waals surface area (Å²) in [6.07, 6.45) is 2.73. The quantitative estimate of drug-likeness (QED) is 0.387. The minimum absolute atomic E-state index is 0.0671. The highest BCUT2D eigenvalue weighted by molar-refractivity contribution is 5.91. The predicted octanol–water partition coefficient (Wildman–Crippen LogP) is 3.35. The molecule has 0 spiro atoms. The second-order valence-electron chi connectivity index (χ2n) is 5.92. The average Bonchev–Trinajstić information content (AvgIpc) is 2.93. The Morgan fingerprint density at radius 3 is 2.48 bits per heavy atom. The molecule has 0 atom stereocenters. The maximum absolute atomic E-state index is 12.0. The molecule has 0 saturated carbocycles. The Balaban J connectivity index is 1.85. The van der Waals surface area contributed by atoms with Crippen LogP contribution in [0.3, 0.4) is 0 Å². The van der Waals surface area contributed by atoms with E-state index in [4.69, 9.17) is 9.73 Å². The number of aryl methyl sites for hydroxylation is 2. The van der Waals surface area contributed by atoms with Gasteiger partial charge in [-0.15, -0.1) is 0 Å². The fraction of sp³-hybridized carbons (Fsp3) is 0.389. The highest BCUT2D eigenvalue weighted by atomic mass is 16.5. The van der Waals surface area contributed by atoms with Crippen molar-refractivity contribution in [1.82, 2.24) is 10.6 Å². The molecule has 0 radical (unpaired) electrons. The van der Waals surface area contributed by atoms with Gasteiger partial charge in [-0.3, -0.25) is 14.8 Å². The van der Waals surface area contributed by atoms with Crippen LogP contribution in [0.25, 0.3) is 11.1 Å². The molecule has 0 aliphatic rings. The van der Waals surface area contributed by atoms with E-state index in [0.29, 0.717) is 19.3 Å². The summed E-state index contributed by atoms with van der Waals surface area (Å²) in [6.45, 7) is 3.74. The molecule has 25 heavy (non-hydrogen) atoms. The number of amides is 2. The Labute approximate surface area is 146 Å². The van der Waals surface area contributed by atoms with Crippen molar-refractivity contribution in [3.05, 3.63) is 35.7 Å². The first-order valence-electron chi connectivity index (χ1n) is 8.27. The topological polar surface area (TPSA) is 104 Å². The molecular formula is C18H23N3O4. The van der Waals surface area contributed by atoms with Gasteiger partial charge in [0, 0.05) is 24.1 Å². The first kappa shape index (κ1) is 18.7. The molecule has 7 heteroatoms. The summed E-state index contributed by atoms with van der Waals surface area (Å²) >= 11 is 0. The largest absolute Gasteiger partial charge is 0.361 e. The molecule has 0 bridgehead atoms. The molecule has 3 N–H and O–H groups in total. The van der Waals surface area contributed by atoms with Gasteiger partial charge in [-0.05, 0) is 44.4 Å². The summed E-state index contributed by atoms with van der Waals surface area (Å²) in [7, 11) is 0. The normalized spacial score (nSPS) is 10.5. The Morgan fingerprint density at radius 1 is 1.12 bits per heavy atom. The maximum Gasteiger partial charge on any atom is 0.243 e. The summed E-state index contributed by atoms with van der Waals surface area (Å²) in [5.74, 6) is 0.274. The number of aromatic nitrogens is 1. The number of nitrogens with zero attached hydrogens (tertiary/aromatic N) is 1. The number of hydroxylamine groups is 1. The van der Waals surface area contributed by atoms with Gasteiger partial charge in [-0.1, -0.05) is 23.7 Å². The summed E-state index contributed by atoms with van der Waals surface area (Å²) in [6, 6.07) is 7.57. The molecule has 0 fully saturated rings. The minimum atomic E-state index is -0.402. The molecule has 0 aliphatic heterocycles. The number of carbonyl (C=O) groups excluding carboxylic acids is 2. The van der Waals surface area contributed by atoms with Crippen LogP contribution in [0.1, 0.15) is 43.6 Å². The van der Waals surface area contributed by atoms with Gasteiger partial charge in [-0.2, -0.15) is 0 Å². The van der Waals surface area contributed by atoms with E-state index in [9.17, 15) is 9.59 Å². The lowest BCUT2D eigenvalue weighted by Crippen LogP contribution is -2.17. The van der Waals surface area contributed by atoms with E-state index in [-0.39, 0.29) is 12.3 Å². The number of hydrogen-bond acceptors (Lipinski definition) is 5. The zero-order valence-electron chi connectivity index (χ0n) is 14.5. The van der Waals surface area contributed by atoms with Crippen LogP contribution in [0.2, 0.25) is 0 Å². The van der Waals surface area contributed by atoms with Gasteiger partial charge in [0.05, 0.1) is 5.69 Å². The molecular weight excluding hydrogens is 322 g/mol. The van der Waals surface area contributed by atoms with Crippen LogP contribution in [-0.2, 0) is 9.59 Å². The van der Waals surface area contributed by atoms with E-state index < -0.39 is 5.91 Å². The van der Waals surface area contributed by atoms with E-state index in [2.05, 4.69) is 10.5 Å². The van der Waals surface area contributed by atoms with Crippen LogP contribution in [0.4, 0.5) is 5.69 Å². The first-order valence-corrected chi connectivity index (χ1v) is 8.27. The second-order valence-corrected chi connectivity index (χ2v) is 5.92. The van der Waals surface area contributed by atoms with Crippen LogP contribution in [0, 0.1) is 13.8 Å². The molecule has 0 unspecified atom stereocenters. The van der Waals surface area contributed by atoms with Gasteiger partial charge in [0.1, 0.15) is 5.76 Å². The molecule has 1 aromatic heterocycles. The number of unbranched alkanes of at least 4 members (excludes halogenated alkanes) is 2. The number of hydrogen-bond donors (Lipinski definition) is 3. The van der Waals surface area contributed by atoms with E-state index in [0.717, 1.165) is 34.7 Å². The lowest BCUT2D eigenvalue weighted by atomic mass is 10.0. The van der Waals surface area contributed by atoms with E-state index in [1.807, 2.05) is 38.1 Å². The zero-order chi connectivity index (χ0) is 18.2. The van der Waals surface area contributed by atoms with Crippen molar-refractivity contribution < 1.29 is 19.3 Å². The van der Waals surface area contributed by atoms with E-state index >= 15 is 0 Å². The third kappa shape index (κ3) is 5.42. The van der Waals surface area contributed by atoms with Crippen molar-refractivity contribution in [1.29, 1.82) is 0 Å². The summed E-state index contributed by atoms with van der Waals surface area (Å²) in [4.78, 5) is 22.9. The zero-order valence-corrected chi connectivity index (χ0v) is 14.5. The van der Waals surface area contributed by atoms with Crippen molar-refractivity contribution >= 4 is 17.5 Å². The fourth-order valence-electron chi connectivity index (χ4n) is 2.67. The van der Waals surface area contributed by atoms with Crippen molar-refractivity contribution in [2.45, 2.75) is 46.0 Å². The first-order chi connectivity index (χ1) is 12.0. The van der Waals surface area contributed by atoms with Crippen LogP contribution in [0.5, 0.6) is 0 Å². The minimum Gasteiger partial charge on any atom is -0.361 e. The fourth-order valence-corrected chi connectivity index (χ4v) is 2.67. The average molecular weight is 345 g/mol. The number of nitrogens with one attached hydrogen (secondary N) is 2. The van der Waals surface area contributed by atoms with Crippen molar-refractivity contribution in [3.8, 4) is 11.1 Å². The lowest BCUT2D eigenvalue weighted by molar-refractivity contribution is -0.129. The third-order valence-corrected chi connectivity index (χ3v) is 3.90. The van der Waals surface area contributed by atoms with Crippen LogP contribution in [-0.4, -0.2) is 22.2 Å². The molecule has 2 aromatic rings. The Morgan fingerprint density at radius 2 is 1.84 bits per heavy atom. The van der Waals surface area contributed by atoms with Gasteiger partial charge in [0.2, 0.25) is 11.8 Å². The summed E-state index contributed by atoms with van der Waals surface area (Å²) in [5.41, 5.74) is 5.02. The maximum atomic E-state index is 12.0. The molecule has 2 rings (SSSR count). The Hall–Kier alpha value is -2.67. The molecule has 1 heterocycles. The molecule has 7 nitrogen and oxygen atoms in total. The summed E-state index contributed by atoms with van der Waals surface area (Å²) in [5, 5.41) is 15.2. The van der Waals surface area contributed by atoms with Crippen LogP contribution < -0.4 is 10.8 Å². The van der Waals surface area contributed by atoms with Gasteiger partial charge >= 0.3 is 0 Å². The molecule has 134 valence electrons. The highest BCUT2D eigenvalue weighted by Crippen LogP contribution is 2.28. The smallest absolute Gasteiger partial charge is 0.243 e. The van der Waals surface area contributed by atoms with Crippen LogP contribution in [0.15, 0.2) is 28.8 Å². The molecule has 1 aromatic carbocycles. The standard InChI is InChI=1S/C18H23N3O4/c1-12-18(13(2)25-21-12)14-7-6-8-15(11-14)19-16(22)9-4-3-5-10-17(23)20-24/h6-8,11,24H,3-5,9-10H2,1-2H3,(H,19,22)(H,20,23). The lowest BCUT2D eigenvalue weighted by Gasteiger charge is -2.07. The van der Waals surface area contributed by atoms with E-state index in [1.54, 1.807) is 5.48 Å². The second kappa shape index (κ2) is 8.98. The SMILES string of the molecule is Cc1noc(C)c1-c1cccc(NC(=O)CCCCCC(=O)NO)c1. The van der Waals surface area contributed by atoms with Crippen molar-refractivity contribution in [2.24, 2.45) is 0 Å². The van der Waals surface area contributed by atoms with Gasteiger partial charge in [0.15, 0.2) is 0 Å². The third-order valence-electron chi connectivity index (χ3n) is 3.90. The highest BCUT2D eigenvalue weighted by Gasteiger charge is 2.12. The number of anilines is 1. The summed E-state index contributed by atoms with van der Waals surface area (Å²) < 4.78 is 5.19.